The Bertz CT molecular complexity index is 981. The normalized spacial score (nSPS) is 17.1. The molecule has 3 aromatic heterocycles. The van der Waals surface area contributed by atoms with Crippen molar-refractivity contribution < 1.29 is 9.59 Å². The van der Waals surface area contributed by atoms with Gasteiger partial charge in [-0.2, -0.15) is 5.10 Å². The lowest BCUT2D eigenvalue weighted by molar-refractivity contribution is -0.121. The average molecular weight is 364 g/mol. The van der Waals surface area contributed by atoms with Gasteiger partial charge in [-0.05, 0) is 37.5 Å². The van der Waals surface area contributed by atoms with Crippen LogP contribution in [-0.4, -0.2) is 49.4 Å². The van der Waals surface area contributed by atoms with E-state index in [-0.39, 0.29) is 17.7 Å². The van der Waals surface area contributed by atoms with Crippen LogP contribution in [0, 0.1) is 12.8 Å². The van der Waals surface area contributed by atoms with Crippen LogP contribution in [0.25, 0.3) is 5.65 Å². The van der Waals surface area contributed by atoms with Gasteiger partial charge in [-0.15, -0.1) is 0 Å². The minimum absolute atomic E-state index is 0.109. The Hall–Kier alpha value is -3.29. The highest BCUT2D eigenvalue weighted by Gasteiger charge is 2.30. The van der Waals surface area contributed by atoms with Crippen LogP contribution in [0.15, 0.2) is 43.0 Å². The van der Waals surface area contributed by atoms with Gasteiger partial charge in [-0.1, -0.05) is 6.07 Å². The molecule has 0 bridgehead atoms. The zero-order valence-corrected chi connectivity index (χ0v) is 15.0. The standard InChI is InChI=1S/C19H20N6O2/c1-13-5-6-16(21-10-13)23-18(26)14-4-2-8-24(12-14)19(27)15-11-22-25-9-3-7-20-17(15)25/h3,5-7,9-11,14H,2,4,8,12H2,1H3,(H,21,23,26). The molecule has 1 saturated heterocycles. The molecule has 0 radical (unpaired) electrons. The van der Waals surface area contributed by atoms with Crippen molar-refractivity contribution in [1.82, 2.24) is 24.5 Å². The van der Waals surface area contributed by atoms with Crippen LogP contribution in [0.4, 0.5) is 5.82 Å². The fourth-order valence-electron chi connectivity index (χ4n) is 3.29. The van der Waals surface area contributed by atoms with E-state index in [4.69, 9.17) is 0 Å². The number of rotatable bonds is 3. The second-order valence-electron chi connectivity index (χ2n) is 6.75. The number of carbonyl (C=O) groups is 2. The fraction of sp³-hybridized carbons (Fsp3) is 0.316. The number of pyridine rings is 1. The number of aryl methyl sites for hydroxylation is 1. The summed E-state index contributed by atoms with van der Waals surface area (Å²) >= 11 is 0. The lowest BCUT2D eigenvalue weighted by atomic mass is 9.96. The maximum absolute atomic E-state index is 12.9. The molecule has 4 heterocycles. The molecule has 1 aliphatic rings. The number of nitrogens with one attached hydrogen (secondary N) is 1. The minimum Gasteiger partial charge on any atom is -0.338 e. The molecule has 27 heavy (non-hydrogen) atoms. The Morgan fingerprint density at radius 3 is 2.93 bits per heavy atom. The summed E-state index contributed by atoms with van der Waals surface area (Å²) in [5, 5.41) is 7.02. The van der Waals surface area contributed by atoms with Crippen molar-refractivity contribution in [2.24, 2.45) is 5.92 Å². The molecule has 8 heteroatoms. The molecule has 1 aliphatic heterocycles. The molecule has 8 nitrogen and oxygen atoms in total. The second-order valence-corrected chi connectivity index (χ2v) is 6.75. The van der Waals surface area contributed by atoms with E-state index >= 15 is 0 Å². The largest absolute Gasteiger partial charge is 0.338 e. The van der Waals surface area contributed by atoms with Crippen molar-refractivity contribution in [3.63, 3.8) is 0 Å². The minimum atomic E-state index is -0.263. The van der Waals surface area contributed by atoms with Crippen molar-refractivity contribution in [1.29, 1.82) is 0 Å². The van der Waals surface area contributed by atoms with Crippen LogP contribution < -0.4 is 5.32 Å². The number of piperidine rings is 1. The molecule has 0 aromatic carbocycles. The molecule has 0 saturated carbocycles. The summed E-state index contributed by atoms with van der Waals surface area (Å²) < 4.78 is 1.57. The van der Waals surface area contributed by atoms with Gasteiger partial charge in [0, 0.05) is 31.7 Å². The molecule has 0 aliphatic carbocycles. The third-order valence-corrected chi connectivity index (χ3v) is 4.75. The van der Waals surface area contributed by atoms with Crippen LogP contribution >= 0.6 is 0 Å². The fourth-order valence-corrected chi connectivity index (χ4v) is 3.29. The van der Waals surface area contributed by atoms with Gasteiger partial charge >= 0.3 is 0 Å². The lowest BCUT2D eigenvalue weighted by Gasteiger charge is -2.31. The van der Waals surface area contributed by atoms with E-state index in [1.165, 1.54) is 6.20 Å². The molecular weight excluding hydrogens is 344 g/mol. The monoisotopic (exact) mass is 364 g/mol. The summed E-state index contributed by atoms with van der Waals surface area (Å²) in [5.74, 6) is 0.0120. The SMILES string of the molecule is Cc1ccc(NC(=O)C2CCCN(C(=O)c3cnn4cccnc34)C2)nc1. The van der Waals surface area contributed by atoms with Crippen molar-refractivity contribution in [3.8, 4) is 0 Å². The van der Waals surface area contributed by atoms with Crippen LogP contribution in [-0.2, 0) is 4.79 Å². The Morgan fingerprint density at radius 1 is 1.22 bits per heavy atom. The summed E-state index contributed by atoms with van der Waals surface area (Å²) in [6.45, 7) is 2.94. The first-order valence-corrected chi connectivity index (χ1v) is 8.93. The summed E-state index contributed by atoms with van der Waals surface area (Å²) in [6, 6.07) is 5.44. The second kappa shape index (κ2) is 7.14. The maximum Gasteiger partial charge on any atom is 0.259 e. The Labute approximate surface area is 156 Å². The zero-order chi connectivity index (χ0) is 18.8. The predicted octanol–water partition coefficient (Wildman–Crippen LogP) is 1.92. The number of likely N-dealkylation sites (tertiary alicyclic amines) is 1. The third kappa shape index (κ3) is 3.51. The van der Waals surface area contributed by atoms with E-state index in [2.05, 4.69) is 20.4 Å². The van der Waals surface area contributed by atoms with E-state index in [0.29, 0.717) is 30.1 Å². The van der Waals surface area contributed by atoms with E-state index < -0.39 is 0 Å². The molecule has 1 atom stereocenters. The molecular formula is C19H20N6O2. The van der Waals surface area contributed by atoms with Crippen LogP contribution in [0.2, 0.25) is 0 Å². The number of fused-ring (bicyclic) bond motifs is 1. The van der Waals surface area contributed by atoms with Crippen molar-refractivity contribution in [2.45, 2.75) is 19.8 Å². The highest BCUT2D eigenvalue weighted by molar-refractivity contribution is 6.00. The molecule has 4 rings (SSSR count). The van der Waals surface area contributed by atoms with Crippen molar-refractivity contribution in [3.05, 3.63) is 54.1 Å². The first-order valence-electron chi connectivity index (χ1n) is 8.93. The quantitative estimate of drug-likeness (QED) is 0.766. The molecule has 1 fully saturated rings. The number of amides is 2. The van der Waals surface area contributed by atoms with E-state index in [1.807, 2.05) is 13.0 Å². The van der Waals surface area contributed by atoms with Gasteiger partial charge in [0.2, 0.25) is 5.91 Å². The lowest BCUT2D eigenvalue weighted by Crippen LogP contribution is -2.43. The van der Waals surface area contributed by atoms with Gasteiger partial charge in [0.05, 0.1) is 12.1 Å². The van der Waals surface area contributed by atoms with Crippen LogP contribution in [0.1, 0.15) is 28.8 Å². The summed E-state index contributed by atoms with van der Waals surface area (Å²) in [6.07, 6.45) is 8.15. The van der Waals surface area contributed by atoms with Crippen molar-refractivity contribution in [2.75, 3.05) is 18.4 Å². The van der Waals surface area contributed by atoms with E-state index in [9.17, 15) is 9.59 Å². The van der Waals surface area contributed by atoms with Gasteiger partial charge in [-0.3, -0.25) is 9.59 Å². The Balaban J connectivity index is 1.46. The number of anilines is 1. The Morgan fingerprint density at radius 2 is 2.11 bits per heavy atom. The zero-order valence-electron chi connectivity index (χ0n) is 15.0. The maximum atomic E-state index is 12.9. The summed E-state index contributed by atoms with van der Waals surface area (Å²) in [4.78, 5) is 35.7. The first kappa shape index (κ1) is 17.1. The number of nitrogens with zero attached hydrogens (tertiary/aromatic N) is 5. The van der Waals surface area contributed by atoms with Crippen LogP contribution in [0.3, 0.4) is 0 Å². The van der Waals surface area contributed by atoms with E-state index in [0.717, 1.165) is 18.4 Å². The highest BCUT2D eigenvalue weighted by atomic mass is 16.2. The van der Waals surface area contributed by atoms with Gasteiger partial charge in [0.25, 0.3) is 5.91 Å². The average Bonchev–Trinajstić information content (AvgIpc) is 3.13. The van der Waals surface area contributed by atoms with E-state index in [1.54, 1.807) is 40.1 Å². The number of hydrogen-bond donors (Lipinski definition) is 1. The Kier molecular flexibility index (Phi) is 4.53. The van der Waals surface area contributed by atoms with Gasteiger partial charge in [0.1, 0.15) is 11.4 Å². The summed E-state index contributed by atoms with van der Waals surface area (Å²) in [5.41, 5.74) is 2.01. The molecule has 0 spiro atoms. The van der Waals surface area contributed by atoms with Crippen LogP contribution in [0.5, 0.6) is 0 Å². The molecule has 3 aromatic rings. The number of aromatic nitrogens is 4. The summed E-state index contributed by atoms with van der Waals surface area (Å²) in [7, 11) is 0. The smallest absolute Gasteiger partial charge is 0.259 e. The topological polar surface area (TPSA) is 92.5 Å². The highest BCUT2D eigenvalue weighted by Crippen LogP contribution is 2.21. The molecule has 1 N–H and O–H groups in total. The first-order chi connectivity index (χ1) is 13.1. The molecule has 1 unspecified atom stereocenters. The molecule has 2 amide bonds. The van der Waals surface area contributed by atoms with Crippen molar-refractivity contribution >= 4 is 23.3 Å². The molecule has 138 valence electrons. The third-order valence-electron chi connectivity index (χ3n) is 4.75. The van der Waals surface area contributed by atoms with Gasteiger partial charge < -0.3 is 10.2 Å². The number of hydrogen-bond acceptors (Lipinski definition) is 5. The number of carbonyl (C=O) groups excluding carboxylic acids is 2. The van der Waals surface area contributed by atoms with Gasteiger partial charge in [0.15, 0.2) is 5.65 Å². The predicted molar refractivity (Wildman–Crippen MR) is 99.2 cm³/mol. The van der Waals surface area contributed by atoms with Gasteiger partial charge in [-0.25, -0.2) is 14.5 Å².